The lowest BCUT2D eigenvalue weighted by atomic mass is 9.98. The fourth-order valence-corrected chi connectivity index (χ4v) is 3.53. The van der Waals surface area contributed by atoms with Crippen molar-refractivity contribution >= 4 is 5.91 Å². The molecule has 1 aliphatic carbocycles. The molecule has 0 spiro atoms. The van der Waals surface area contributed by atoms with Gasteiger partial charge in [-0.05, 0) is 43.7 Å². The number of amides is 1. The van der Waals surface area contributed by atoms with E-state index in [1.54, 1.807) is 6.07 Å². The van der Waals surface area contributed by atoms with Crippen LogP contribution >= 0.6 is 0 Å². The van der Waals surface area contributed by atoms with E-state index in [1.165, 1.54) is 12.1 Å². The summed E-state index contributed by atoms with van der Waals surface area (Å²) in [6.07, 6.45) is -2.14. The largest absolute Gasteiger partial charge is 0.416 e. The maximum atomic E-state index is 12.8. The highest BCUT2D eigenvalue weighted by atomic mass is 19.4. The maximum Gasteiger partial charge on any atom is 0.416 e. The number of piperidine rings is 1. The minimum absolute atomic E-state index is 0.0619. The lowest BCUT2D eigenvalue weighted by Gasteiger charge is -2.36. The lowest BCUT2D eigenvalue weighted by Crippen LogP contribution is -2.49. The average molecular weight is 326 g/mol. The molecule has 1 aromatic rings. The highest BCUT2D eigenvalue weighted by molar-refractivity contribution is 5.83. The quantitative estimate of drug-likeness (QED) is 0.907. The van der Waals surface area contributed by atoms with E-state index in [4.69, 9.17) is 5.73 Å². The summed E-state index contributed by atoms with van der Waals surface area (Å²) in [5, 5.41) is 0. The topological polar surface area (TPSA) is 46.3 Å². The van der Waals surface area contributed by atoms with Crippen LogP contribution in [0.1, 0.15) is 43.2 Å². The maximum absolute atomic E-state index is 12.8. The van der Waals surface area contributed by atoms with Crippen LogP contribution in [0.3, 0.4) is 0 Å². The summed E-state index contributed by atoms with van der Waals surface area (Å²) < 4.78 is 38.4. The van der Waals surface area contributed by atoms with Crippen LogP contribution in [0.25, 0.3) is 0 Å². The predicted molar refractivity (Wildman–Crippen MR) is 80.7 cm³/mol. The number of rotatable bonds is 2. The molecule has 23 heavy (non-hydrogen) atoms. The normalized spacial score (nSPS) is 31.1. The number of hydrogen-bond donors (Lipinski definition) is 1. The molecule has 0 bridgehead atoms. The molecule has 126 valence electrons. The van der Waals surface area contributed by atoms with Gasteiger partial charge in [-0.3, -0.25) is 4.79 Å². The van der Waals surface area contributed by atoms with Crippen LogP contribution < -0.4 is 5.73 Å². The van der Waals surface area contributed by atoms with Crippen molar-refractivity contribution in [3.63, 3.8) is 0 Å². The molecule has 0 aromatic heterocycles. The first-order valence-corrected chi connectivity index (χ1v) is 8.00. The first kappa shape index (κ1) is 16.3. The summed E-state index contributed by atoms with van der Waals surface area (Å²) in [6, 6.07) is 5.58. The summed E-state index contributed by atoms with van der Waals surface area (Å²) in [5.41, 5.74) is 5.87. The molecule has 1 amide bonds. The minimum Gasteiger partial charge on any atom is -0.340 e. The van der Waals surface area contributed by atoms with E-state index in [0.717, 1.165) is 18.9 Å². The molecule has 3 nitrogen and oxygen atoms in total. The molecule has 3 rings (SSSR count). The van der Waals surface area contributed by atoms with Gasteiger partial charge >= 0.3 is 6.18 Å². The van der Waals surface area contributed by atoms with Gasteiger partial charge in [0.15, 0.2) is 0 Å². The van der Waals surface area contributed by atoms with E-state index in [9.17, 15) is 18.0 Å². The van der Waals surface area contributed by atoms with Gasteiger partial charge in [-0.25, -0.2) is 0 Å². The molecule has 0 unspecified atom stereocenters. The van der Waals surface area contributed by atoms with E-state index in [2.05, 4.69) is 0 Å². The Kier molecular flexibility index (Phi) is 4.12. The molecule has 1 aliphatic heterocycles. The smallest absolute Gasteiger partial charge is 0.340 e. The van der Waals surface area contributed by atoms with Gasteiger partial charge in [0.05, 0.1) is 5.56 Å². The number of nitrogens with two attached hydrogens (primary N) is 1. The Morgan fingerprint density at radius 3 is 2.70 bits per heavy atom. The number of likely N-dealkylation sites (tertiary alicyclic amines) is 1. The summed E-state index contributed by atoms with van der Waals surface area (Å²) >= 11 is 0. The van der Waals surface area contributed by atoms with Crippen molar-refractivity contribution in [2.45, 2.75) is 50.4 Å². The summed E-state index contributed by atoms with van der Waals surface area (Å²) in [6.45, 7) is 2.63. The molecule has 2 N–H and O–H groups in total. The molecule has 6 heteroatoms. The third kappa shape index (κ3) is 3.37. The van der Waals surface area contributed by atoms with Crippen LogP contribution in [0, 0.1) is 5.92 Å². The number of hydrogen-bond acceptors (Lipinski definition) is 2. The molecular weight excluding hydrogens is 305 g/mol. The van der Waals surface area contributed by atoms with Crippen molar-refractivity contribution in [3.05, 3.63) is 35.4 Å². The van der Waals surface area contributed by atoms with Crippen molar-refractivity contribution in [2.75, 3.05) is 6.54 Å². The van der Waals surface area contributed by atoms with Crippen molar-refractivity contribution in [1.29, 1.82) is 0 Å². The summed E-state index contributed by atoms with van der Waals surface area (Å²) in [4.78, 5) is 14.5. The molecule has 1 aromatic carbocycles. The number of nitrogens with zero attached hydrogens (tertiary/aromatic N) is 1. The zero-order valence-electron chi connectivity index (χ0n) is 13.0. The van der Waals surface area contributed by atoms with E-state index in [-0.39, 0.29) is 29.8 Å². The van der Waals surface area contributed by atoms with E-state index < -0.39 is 11.7 Å². The second-order valence-corrected chi connectivity index (χ2v) is 6.74. The second-order valence-electron chi connectivity index (χ2n) is 6.74. The van der Waals surface area contributed by atoms with E-state index in [1.807, 2.05) is 11.8 Å². The van der Waals surface area contributed by atoms with Crippen LogP contribution in [-0.4, -0.2) is 29.4 Å². The highest BCUT2D eigenvalue weighted by Gasteiger charge is 2.47. The van der Waals surface area contributed by atoms with Gasteiger partial charge in [0.1, 0.15) is 0 Å². The van der Waals surface area contributed by atoms with Crippen LogP contribution in [0.15, 0.2) is 24.3 Å². The molecule has 0 radical (unpaired) electrons. The highest BCUT2D eigenvalue weighted by Crippen LogP contribution is 2.49. The molecule has 1 saturated carbocycles. The van der Waals surface area contributed by atoms with Crippen molar-refractivity contribution in [1.82, 2.24) is 4.90 Å². The predicted octanol–water partition coefficient (Wildman–Crippen LogP) is 3.15. The molecule has 1 heterocycles. The zero-order chi connectivity index (χ0) is 16.8. The SMILES string of the molecule is C[C@@H]1C[C@H](N)CCN1C(=O)[C@@H]1C[C@H]1c1cccc(C(F)(F)F)c1. The van der Waals surface area contributed by atoms with Crippen LogP contribution in [-0.2, 0) is 11.0 Å². The van der Waals surface area contributed by atoms with Crippen molar-refractivity contribution < 1.29 is 18.0 Å². The minimum atomic E-state index is -4.35. The van der Waals surface area contributed by atoms with Gasteiger partial charge in [-0.15, -0.1) is 0 Å². The Morgan fingerprint density at radius 1 is 1.30 bits per heavy atom. The molecule has 2 fully saturated rings. The Labute approximate surface area is 133 Å². The van der Waals surface area contributed by atoms with E-state index in [0.29, 0.717) is 18.5 Å². The third-order valence-electron chi connectivity index (χ3n) is 4.95. The monoisotopic (exact) mass is 326 g/mol. The summed E-state index contributed by atoms with van der Waals surface area (Å²) in [5.74, 6) is -0.213. The fourth-order valence-electron chi connectivity index (χ4n) is 3.53. The van der Waals surface area contributed by atoms with E-state index >= 15 is 0 Å². The zero-order valence-corrected chi connectivity index (χ0v) is 13.0. The second kappa shape index (κ2) is 5.82. The van der Waals surface area contributed by atoms with Gasteiger partial charge < -0.3 is 10.6 Å². The van der Waals surface area contributed by atoms with Gasteiger partial charge in [-0.2, -0.15) is 13.2 Å². The summed E-state index contributed by atoms with van der Waals surface area (Å²) in [7, 11) is 0. The Hall–Kier alpha value is -1.56. The first-order chi connectivity index (χ1) is 10.8. The molecule has 1 saturated heterocycles. The van der Waals surface area contributed by atoms with Gasteiger partial charge in [-0.1, -0.05) is 18.2 Å². The molecule has 2 aliphatic rings. The Balaban J connectivity index is 1.69. The Morgan fingerprint density at radius 2 is 2.04 bits per heavy atom. The number of halogens is 3. The number of alkyl halides is 3. The third-order valence-corrected chi connectivity index (χ3v) is 4.95. The molecular formula is C17H21F3N2O. The fraction of sp³-hybridized carbons (Fsp3) is 0.588. The van der Waals surface area contributed by atoms with Gasteiger partial charge in [0.2, 0.25) is 5.91 Å². The number of benzene rings is 1. The van der Waals surface area contributed by atoms with Crippen molar-refractivity contribution in [3.8, 4) is 0 Å². The van der Waals surface area contributed by atoms with Crippen LogP contribution in [0.5, 0.6) is 0 Å². The standard InChI is InChI=1S/C17H21F3N2O/c1-10-7-13(21)5-6-22(10)16(23)15-9-14(15)11-3-2-4-12(8-11)17(18,19)20/h2-4,8,10,13-15H,5-7,9,21H2,1H3/t10-,13-,14+,15-/m1/s1. The van der Waals surface area contributed by atoms with Crippen molar-refractivity contribution in [2.24, 2.45) is 11.7 Å². The lowest BCUT2D eigenvalue weighted by molar-refractivity contribution is -0.137. The number of carbonyl (C=O) groups excluding carboxylic acids is 1. The average Bonchev–Trinajstić information content (AvgIpc) is 3.26. The van der Waals surface area contributed by atoms with Crippen LogP contribution in [0.4, 0.5) is 13.2 Å². The number of carbonyl (C=O) groups is 1. The molecule has 4 atom stereocenters. The first-order valence-electron chi connectivity index (χ1n) is 8.00. The van der Waals surface area contributed by atoms with Gasteiger partial charge in [0, 0.05) is 24.5 Å². The Bertz CT molecular complexity index is 602. The van der Waals surface area contributed by atoms with Crippen LogP contribution in [0.2, 0.25) is 0 Å². The van der Waals surface area contributed by atoms with Gasteiger partial charge in [0.25, 0.3) is 0 Å².